The number of ether oxygens (including phenoxy) is 4. The summed E-state index contributed by atoms with van der Waals surface area (Å²) in [5.74, 6) is 2.34. The average molecular weight is 475 g/mol. The predicted molar refractivity (Wildman–Crippen MR) is 128 cm³/mol. The van der Waals surface area contributed by atoms with Crippen LogP contribution in [0.25, 0.3) is 0 Å². The number of nitrogens with one attached hydrogen (secondary N) is 1. The summed E-state index contributed by atoms with van der Waals surface area (Å²) in [6, 6.07) is 16.7. The fourth-order valence-electron chi connectivity index (χ4n) is 2.94. The molecule has 32 heavy (non-hydrogen) atoms. The number of benzene rings is 3. The van der Waals surface area contributed by atoms with Crippen molar-refractivity contribution in [2.24, 2.45) is 5.10 Å². The zero-order valence-corrected chi connectivity index (χ0v) is 19.5. The lowest BCUT2D eigenvalue weighted by Gasteiger charge is -2.13. The van der Waals surface area contributed by atoms with Crippen LogP contribution < -0.4 is 24.4 Å². The average Bonchev–Trinajstić information content (AvgIpc) is 2.81. The molecule has 0 amide bonds. The molecule has 0 fully saturated rings. The van der Waals surface area contributed by atoms with Gasteiger partial charge in [-0.3, -0.25) is 0 Å². The van der Waals surface area contributed by atoms with E-state index in [0.29, 0.717) is 46.2 Å². The van der Waals surface area contributed by atoms with Gasteiger partial charge in [-0.05, 0) is 53.1 Å². The molecule has 3 aromatic carbocycles. The third kappa shape index (κ3) is 6.22. The number of hydrogen-bond donors (Lipinski definition) is 1. The van der Waals surface area contributed by atoms with Gasteiger partial charge in [-0.2, -0.15) is 5.10 Å². The normalized spacial score (nSPS) is 10.8. The maximum Gasteiger partial charge on any atom is 0.180 e. The van der Waals surface area contributed by atoms with Crippen LogP contribution in [-0.2, 0) is 13.2 Å². The van der Waals surface area contributed by atoms with Gasteiger partial charge in [0, 0.05) is 5.02 Å². The van der Waals surface area contributed by atoms with Gasteiger partial charge in [-0.15, -0.1) is 0 Å². The third-order valence-electron chi connectivity index (χ3n) is 4.58. The maximum absolute atomic E-state index is 6.44. The van der Waals surface area contributed by atoms with Gasteiger partial charge in [0.05, 0.1) is 39.1 Å². The van der Waals surface area contributed by atoms with Crippen molar-refractivity contribution in [3.8, 4) is 23.0 Å². The van der Waals surface area contributed by atoms with E-state index >= 15 is 0 Å². The van der Waals surface area contributed by atoms with Crippen LogP contribution in [0.15, 0.2) is 59.7 Å². The first-order chi connectivity index (χ1) is 15.5. The lowest BCUT2D eigenvalue weighted by molar-refractivity contribution is 0.284. The van der Waals surface area contributed by atoms with Gasteiger partial charge in [-0.1, -0.05) is 41.4 Å². The van der Waals surface area contributed by atoms with Crippen molar-refractivity contribution >= 4 is 29.4 Å². The Kier molecular flexibility index (Phi) is 8.48. The van der Waals surface area contributed by atoms with Crippen LogP contribution in [0.4, 0.5) is 0 Å². The third-order valence-corrected chi connectivity index (χ3v) is 5.12. The van der Waals surface area contributed by atoms with Crippen molar-refractivity contribution in [3.63, 3.8) is 0 Å². The summed E-state index contributed by atoms with van der Waals surface area (Å²) in [5.41, 5.74) is 5.75. The predicted octanol–water partition coefficient (Wildman–Crippen LogP) is 5.72. The van der Waals surface area contributed by atoms with Crippen molar-refractivity contribution in [1.29, 1.82) is 0 Å². The molecular weight excluding hydrogens is 451 g/mol. The minimum Gasteiger partial charge on any atom is -0.493 e. The van der Waals surface area contributed by atoms with E-state index in [-0.39, 0.29) is 0 Å². The van der Waals surface area contributed by atoms with E-state index in [9.17, 15) is 0 Å². The van der Waals surface area contributed by atoms with Gasteiger partial charge in [-0.25, -0.2) is 0 Å². The molecule has 0 unspecified atom stereocenters. The fourth-order valence-corrected chi connectivity index (χ4v) is 3.34. The van der Waals surface area contributed by atoms with E-state index in [4.69, 9.17) is 42.1 Å². The smallest absolute Gasteiger partial charge is 0.180 e. The molecule has 6 nitrogen and oxygen atoms in total. The summed E-state index contributed by atoms with van der Waals surface area (Å²) in [4.78, 5) is 0. The van der Waals surface area contributed by atoms with Gasteiger partial charge in [0.1, 0.15) is 6.61 Å². The summed E-state index contributed by atoms with van der Waals surface area (Å²) >= 11 is 12.4. The first-order valence-corrected chi connectivity index (χ1v) is 10.5. The van der Waals surface area contributed by atoms with Crippen molar-refractivity contribution in [3.05, 3.63) is 81.3 Å². The molecular formula is C24H24Cl2N2O4. The Bertz CT molecular complexity index is 1070. The molecule has 0 radical (unpaired) electrons. The highest BCUT2D eigenvalue weighted by Crippen LogP contribution is 2.36. The standard InChI is InChI=1S/C24H24Cl2N2O4/c1-29-21-9-6-17(11-22(21)30-2)13-27-28-14-18-10-20(26)24(23(12-18)31-3)32-15-16-4-7-19(25)8-5-16/h4-12,14,27H,13,15H2,1-3H3/b28-14-. The largest absolute Gasteiger partial charge is 0.493 e. The summed E-state index contributed by atoms with van der Waals surface area (Å²) < 4.78 is 21.9. The summed E-state index contributed by atoms with van der Waals surface area (Å²) in [6.07, 6.45) is 1.66. The van der Waals surface area contributed by atoms with E-state index < -0.39 is 0 Å². The molecule has 0 bridgehead atoms. The fraction of sp³-hybridized carbons (Fsp3) is 0.208. The molecule has 0 aromatic heterocycles. The Labute approximate surface area is 197 Å². The highest BCUT2D eigenvalue weighted by atomic mass is 35.5. The highest BCUT2D eigenvalue weighted by Gasteiger charge is 2.12. The SMILES string of the molecule is COc1ccc(CN/N=C\c2cc(Cl)c(OCc3ccc(Cl)cc3)c(OC)c2)cc1OC. The first-order valence-electron chi connectivity index (χ1n) is 9.75. The number of nitrogens with zero attached hydrogens (tertiary/aromatic N) is 1. The summed E-state index contributed by atoms with van der Waals surface area (Å²) in [5, 5.41) is 5.37. The van der Waals surface area contributed by atoms with Crippen molar-refractivity contribution in [1.82, 2.24) is 5.43 Å². The van der Waals surface area contributed by atoms with Crippen LogP contribution in [0, 0.1) is 0 Å². The zero-order valence-electron chi connectivity index (χ0n) is 18.0. The molecule has 0 spiro atoms. The second-order valence-corrected chi connectivity index (χ2v) is 7.58. The number of hydrogen-bond acceptors (Lipinski definition) is 6. The Morgan fingerprint density at radius 2 is 1.50 bits per heavy atom. The molecule has 0 aliphatic carbocycles. The van der Waals surface area contributed by atoms with Crippen molar-refractivity contribution in [2.45, 2.75) is 13.2 Å². The zero-order chi connectivity index (χ0) is 22.9. The Hall–Kier alpha value is -3.09. The molecule has 168 valence electrons. The molecule has 0 saturated carbocycles. The van der Waals surface area contributed by atoms with Crippen LogP contribution >= 0.6 is 23.2 Å². The number of halogens is 2. The molecule has 3 aromatic rings. The molecule has 1 N–H and O–H groups in total. The van der Waals surface area contributed by atoms with Crippen molar-refractivity contribution in [2.75, 3.05) is 21.3 Å². The molecule has 0 atom stereocenters. The second kappa shape index (κ2) is 11.5. The molecule has 0 aliphatic rings. The minimum absolute atomic E-state index is 0.341. The molecule has 0 saturated heterocycles. The van der Waals surface area contributed by atoms with Crippen LogP contribution in [0.2, 0.25) is 10.0 Å². The molecule has 3 rings (SSSR count). The van der Waals surface area contributed by atoms with E-state index in [2.05, 4.69) is 10.5 Å². The van der Waals surface area contributed by atoms with E-state index in [1.807, 2.05) is 48.5 Å². The molecule has 8 heteroatoms. The van der Waals surface area contributed by atoms with Crippen molar-refractivity contribution < 1.29 is 18.9 Å². The number of methoxy groups -OCH3 is 3. The quantitative estimate of drug-likeness (QED) is 0.300. The number of rotatable bonds is 10. The molecule has 0 heterocycles. The van der Waals surface area contributed by atoms with Crippen LogP contribution in [0.1, 0.15) is 16.7 Å². The Morgan fingerprint density at radius 1 is 0.812 bits per heavy atom. The van der Waals surface area contributed by atoms with Gasteiger partial charge in [0.25, 0.3) is 0 Å². The van der Waals surface area contributed by atoms with E-state index in [1.165, 1.54) is 0 Å². The van der Waals surface area contributed by atoms with E-state index in [0.717, 1.165) is 16.7 Å². The Balaban J connectivity index is 1.63. The van der Waals surface area contributed by atoms with E-state index in [1.54, 1.807) is 33.6 Å². The van der Waals surface area contributed by atoms with Crippen LogP contribution in [0.5, 0.6) is 23.0 Å². The topological polar surface area (TPSA) is 61.3 Å². The van der Waals surface area contributed by atoms with Crippen LogP contribution in [-0.4, -0.2) is 27.5 Å². The highest BCUT2D eigenvalue weighted by molar-refractivity contribution is 6.32. The first kappa shape index (κ1) is 23.6. The minimum atomic E-state index is 0.341. The summed E-state index contributed by atoms with van der Waals surface area (Å²) in [7, 11) is 4.78. The Morgan fingerprint density at radius 3 is 2.19 bits per heavy atom. The lowest BCUT2D eigenvalue weighted by Crippen LogP contribution is -2.06. The van der Waals surface area contributed by atoms with Gasteiger partial charge in [0.2, 0.25) is 0 Å². The van der Waals surface area contributed by atoms with Gasteiger partial charge < -0.3 is 24.4 Å². The van der Waals surface area contributed by atoms with Gasteiger partial charge in [0.15, 0.2) is 23.0 Å². The van der Waals surface area contributed by atoms with Gasteiger partial charge >= 0.3 is 0 Å². The second-order valence-electron chi connectivity index (χ2n) is 6.73. The van der Waals surface area contributed by atoms with Crippen LogP contribution in [0.3, 0.4) is 0 Å². The lowest BCUT2D eigenvalue weighted by atomic mass is 10.2. The summed E-state index contributed by atoms with van der Waals surface area (Å²) in [6.45, 7) is 0.859. The number of hydrazone groups is 1. The maximum atomic E-state index is 6.44. The monoisotopic (exact) mass is 474 g/mol. The molecule has 0 aliphatic heterocycles.